The summed E-state index contributed by atoms with van der Waals surface area (Å²) in [6.45, 7) is 2.18. The first kappa shape index (κ1) is 13.7. The normalized spacial score (nSPS) is 25.2. The average Bonchev–Trinajstić information content (AvgIpc) is 2.77. The molecule has 1 aromatic rings. The van der Waals surface area contributed by atoms with E-state index in [0.29, 0.717) is 0 Å². The Balaban J connectivity index is 1.97. The Morgan fingerprint density at radius 3 is 2.50 bits per heavy atom. The van der Waals surface area contributed by atoms with Gasteiger partial charge in [-0.15, -0.1) is 10.2 Å². The molecule has 1 aliphatic rings. The molecule has 0 radical (unpaired) electrons. The number of nitrogen functional groups attached to an aromatic ring is 1. The van der Waals surface area contributed by atoms with Crippen molar-refractivity contribution in [3.8, 4) is 0 Å². The van der Waals surface area contributed by atoms with Crippen LogP contribution in [0.5, 0.6) is 0 Å². The Hall–Kier alpha value is -0.730. The first-order chi connectivity index (χ1) is 8.51. The van der Waals surface area contributed by atoms with Gasteiger partial charge < -0.3 is 5.73 Å². The minimum absolute atomic E-state index is 0.0166. The number of sulfonamides is 1. The van der Waals surface area contributed by atoms with Gasteiger partial charge in [-0.1, -0.05) is 24.7 Å². The van der Waals surface area contributed by atoms with Crippen LogP contribution in [-0.2, 0) is 10.0 Å². The zero-order valence-corrected chi connectivity index (χ0v) is 11.9. The second-order valence-corrected chi connectivity index (χ2v) is 7.55. The lowest BCUT2D eigenvalue weighted by atomic mass is 9.85. The first-order valence-electron chi connectivity index (χ1n) is 6.12. The van der Waals surface area contributed by atoms with Crippen LogP contribution >= 0.6 is 11.3 Å². The molecule has 0 amide bonds. The van der Waals surface area contributed by atoms with E-state index in [1.165, 1.54) is 6.42 Å². The first-order valence-corrected chi connectivity index (χ1v) is 8.42. The van der Waals surface area contributed by atoms with Gasteiger partial charge in [-0.3, -0.25) is 0 Å². The van der Waals surface area contributed by atoms with Crippen LogP contribution in [-0.4, -0.2) is 24.7 Å². The fraction of sp³-hybridized carbons (Fsp3) is 0.800. The van der Waals surface area contributed by atoms with Crippen LogP contribution in [0.15, 0.2) is 4.34 Å². The van der Waals surface area contributed by atoms with Crippen molar-refractivity contribution in [2.24, 2.45) is 5.92 Å². The summed E-state index contributed by atoms with van der Waals surface area (Å²) in [4.78, 5) is 0. The van der Waals surface area contributed by atoms with Gasteiger partial charge in [-0.05, 0) is 31.6 Å². The summed E-state index contributed by atoms with van der Waals surface area (Å²) < 4.78 is 26.7. The van der Waals surface area contributed by atoms with E-state index >= 15 is 0 Å². The molecule has 8 heteroatoms. The molecule has 6 nitrogen and oxygen atoms in total. The molecular weight excluding hydrogens is 272 g/mol. The van der Waals surface area contributed by atoms with E-state index in [9.17, 15) is 8.42 Å². The fourth-order valence-corrected chi connectivity index (χ4v) is 4.39. The molecule has 1 saturated carbocycles. The van der Waals surface area contributed by atoms with Crippen LogP contribution in [0.2, 0.25) is 0 Å². The zero-order chi connectivity index (χ0) is 13.2. The van der Waals surface area contributed by atoms with E-state index < -0.39 is 10.0 Å². The molecule has 18 heavy (non-hydrogen) atoms. The van der Waals surface area contributed by atoms with Gasteiger partial charge >= 0.3 is 0 Å². The number of aromatic nitrogens is 2. The van der Waals surface area contributed by atoms with Crippen molar-refractivity contribution in [2.45, 2.75) is 49.4 Å². The quantitative estimate of drug-likeness (QED) is 0.872. The highest BCUT2D eigenvalue weighted by molar-refractivity contribution is 7.91. The number of hydrogen-bond acceptors (Lipinski definition) is 6. The van der Waals surface area contributed by atoms with Crippen molar-refractivity contribution in [2.75, 3.05) is 5.73 Å². The van der Waals surface area contributed by atoms with Gasteiger partial charge in [-0.2, -0.15) is 0 Å². The molecule has 1 aliphatic carbocycles. The molecule has 3 N–H and O–H groups in total. The van der Waals surface area contributed by atoms with Crippen molar-refractivity contribution in [3.05, 3.63) is 0 Å². The maximum Gasteiger partial charge on any atom is 0.270 e. The third-order valence-electron chi connectivity index (χ3n) is 3.40. The third kappa shape index (κ3) is 3.18. The van der Waals surface area contributed by atoms with Crippen LogP contribution in [0, 0.1) is 5.92 Å². The van der Waals surface area contributed by atoms with Crippen molar-refractivity contribution < 1.29 is 8.42 Å². The van der Waals surface area contributed by atoms with E-state index in [0.717, 1.165) is 42.9 Å². The van der Waals surface area contributed by atoms with Crippen LogP contribution < -0.4 is 10.5 Å². The van der Waals surface area contributed by atoms with Gasteiger partial charge in [0.15, 0.2) is 0 Å². The van der Waals surface area contributed by atoms with Crippen LogP contribution in [0.1, 0.15) is 39.0 Å². The molecule has 0 aliphatic heterocycles. The largest absolute Gasteiger partial charge is 0.374 e. The van der Waals surface area contributed by atoms with Crippen LogP contribution in [0.25, 0.3) is 0 Å². The number of nitrogens with two attached hydrogens (primary N) is 1. The summed E-state index contributed by atoms with van der Waals surface area (Å²) >= 11 is 0.893. The Bertz CT molecular complexity index is 492. The van der Waals surface area contributed by atoms with Gasteiger partial charge in [0.1, 0.15) is 0 Å². The topological polar surface area (TPSA) is 98.0 Å². The molecule has 102 valence electrons. The Morgan fingerprint density at radius 1 is 1.33 bits per heavy atom. The molecule has 0 aromatic carbocycles. The molecular formula is C10H18N4O2S2. The van der Waals surface area contributed by atoms with E-state index in [1.807, 2.05) is 0 Å². The summed E-state index contributed by atoms with van der Waals surface area (Å²) in [6, 6.07) is 0.0166. The van der Waals surface area contributed by atoms with Crippen molar-refractivity contribution in [3.63, 3.8) is 0 Å². The summed E-state index contributed by atoms with van der Waals surface area (Å²) in [5, 5.41) is 7.28. The van der Waals surface area contributed by atoms with Crippen molar-refractivity contribution in [1.29, 1.82) is 0 Å². The molecule has 0 saturated heterocycles. The minimum Gasteiger partial charge on any atom is -0.374 e. The monoisotopic (exact) mass is 290 g/mol. The maximum absolute atomic E-state index is 12.0. The van der Waals surface area contributed by atoms with E-state index in [2.05, 4.69) is 21.8 Å². The molecule has 1 fully saturated rings. The second kappa shape index (κ2) is 5.50. The van der Waals surface area contributed by atoms with Gasteiger partial charge in [0.25, 0.3) is 10.0 Å². The predicted molar refractivity (Wildman–Crippen MR) is 70.7 cm³/mol. The third-order valence-corrected chi connectivity index (χ3v) is 6.04. The van der Waals surface area contributed by atoms with E-state index in [-0.39, 0.29) is 15.5 Å². The average molecular weight is 290 g/mol. The highest BCUT2D eigenvalue weighted by Gasteiger charge is 2.27. The number of rotatable bonds is 4. The number of anilines is 1. The van der Waals surface area contributed by atoms with Gasteiger partial charge in [-0.25, -0.2) is 13.1 Å². The molecule has 0 spiro atoms. The van der Waals surface area contributed by atoms with Crippen LogP contribution in [0.4, 0.5) is 5.13 Å². The number of nitrogens with zero attached hydrogens (tertiary/aromatic N) is 2. The zero-order valence-electron chi connectivity index (χ0n) is 10.3. The van der Waals surface area contributed by atoms with E-state index in [4.69, 9.17) is 5.73 Å². The lowest BCUT2D eigenvalue weighted by Crippen LogP contribution is -2.37. The Labute approximate surface area is 111 Å². The SMILES string of the molecule is CCC1CCC(NS(=O)(=O)c2nnc(N)s2)CC1. The summed E-state index contributed by atoms with van der Waals surface area (Å²) in [5.74, 6) is 0.739. The molecule has 2 rings (SSSR count). The second-order valence-electron chi connectivity index (χ2n) is 4.65. The summed E-state index contributed by atoms with van der Waals surface area (Å²) in [5.41, 5.74) is 5.40. The fourth-order valence-electron chi connectivity index (χ4n) is 2.29. The van der Waals surface area contributed by atoms with E-state index in [1.54, 1.807) is 0 Å². The molecule has 1 aromatic heterocycles. The van der Waals surface area contributed by atoms with Crippen molar-refractivity contribution >= 4 is 26.5 Å². The minimum atomic E-state index is -3.55. The highest BCUT2D eigenvalue weighted by atomic mass is 32.2. The smallest absolute Gasteiger partial charge is 0.270 e. The van der Waals surface area contributed by atoms with Gasteiger partial charge in [0.05, 0.1) is 0 Å². The van der Waals surface area contributed by atoms with Gasteiger partial charge in [0.2, 0.25) is 9.47 Å². The van der Waals surface area contributed by atoms with Crippen molar-refractivity contribution in [1.82, 2.24) is 14.9 Å². The highest BCUT2D eigenvalue weighted by Crippen LogP contribution is 2.27. The maximum atomic E-state index is 12.0. The lowest BCUT2D eigenvalue weighted by Gasteiger charge is -2.27. The van der Waals surface area contributed by atoms with Gasteiger partial charge in [0, 0.05) is 6.04 Å². The Morgan fingerprint density at radius 2 is 2.00 bits per heavy atom. The molecule has 0 bridgehead atoms. The molecule has 0 unspecified atom stereocenters. The Kier molecular flexibility index (Phi) is 4.18. The lowest BCUT2D eigenvalue weighted by molar-refractivity contribution is 0.306. The predicted octanol–water partition coefficient (Wildman–Crippen LogP) is 1.37. The standard InChI is InChI=1S/C10H18N4O2S2/c1-2-7-3-5-8(6-4-7)14-18(15,16)10-13-12-9(11)17-10/h7-8,14H,2-6H2,1H3,(H2,11,12). The molecule has 1 heterocycles. The summed E-state index contributed by atoms with van der Waals surface area (Å²) in [6.07, 6.45) is 5.13. The number of hydrogen-bond donors (Lipinski definition) is 2. The number of nitrogens with one attached hydrogen (secondary N) is 1. The summed E-state index contributed by atoms with van der Waals surface area (Å²) in [7, 11) is -3.55. The molecule has 0 atom stereocenters. The van der Waals surface area contributed by atoms with Crippen LogP contribution in [0.3, 0.4) is 0 Å².